The fourth-order valence-electron chi connectivity index (χ4n) is 1.43. The quantitative estimate of drug-likeness (QED) is 0.621. The lowest BCUT2D eigenvalue weighted by atomic mass is 10.0. The molecule has 1 aromatic heterocycles. The molecule has 0 unspecified atom stereocenters. The monoisotopic (exact) mass is 374 g/mol. The number of carbonyl (C=O) groups is 1. The van der Waals surface area contributed by atoms with Crippen molar-refractivity contribution in [2.24, 2.45) is 0 Å². The van der Waals surface area contributed by atoms with Crippen LogP contribution in [0.1, 0.15) is 15.9 Å². The van der Waals surface area contributed by atoms with Crippen molar-refractivity contribution in [3.8, 4) is 0 Å². The van der Waals surface area contributed by atoms with Crippen LogP contribution in [0.2, 0.25) is 0 Å². The first-order chi connectivity index (χ1) is 7.99. The number of hydrogen-bond acceptors (Lipinski definition) is 4. The van der Waals surface area contributed by atoms with E-state index in [1.54, 1.807) is 24.3 Å². The number of benzene rings is 1. The average Bonchev–Trinajstić information content (AvgIpc) is 2.57. The van der Waals surface area contributed by atoms with Gasteiger partial charge in [0.1, 0.15) is 0 Å². The van der Waals surface area contributed by atoms with Crippen LogP contribution in [-0.4, -0.2) is 5.78 Å². The molecule has 4 N–H and O–H groups in total. The van der Waals surface area contributed by atoms with Crippen LogP contribution in [0.25, 0.3) is 0 Å². The van der Waals surface area contributed by atoms with Crippen molar-refractivity contribution in [1.29, 1.82) is 0 Å². The fraction of sp³-hybridized carbons (Fsp3) is 0. The van der Waals surface area contributed by atoms with Crippen molar-refractivity contribution < 1.29 is 4.79 Å². The van der Waals surface area contributed by atoms with Crippen LogP contribution in [-0.2, 0) is 0 Å². The molecule has 88 valence electrons. The summed E-state index contributed by atoms with van der Waals surface area (Å²) >= 11 is 8.14. The largest absolute Gasteiger partial charge is 0.399 e. The van der Waals surface area contributed by atoms with Gasteiger partial charge in [0.05, 0.1) is 7.57 Å². The second-order valence-corrected chi connectivity index (χ2v) is 7.16. The van der Waals surface area contributed by atoms with E-state index in [4.69, 9.17) is 11.5 Å². The van der Waals surface area contributed by atoms with Crippen molar-refractivity contribution in [3.63, 3.8) is 0 Å². The summed E-state index contributed by atoms with van der Waals surface area (Å²) in [6.07, 6.45) is 0. The Bertz CT molecular complexity index is 595. The highest BCUT2D eigenvalue weighted by Gasteiger charge is 2.17. The Morgan fingerprint density at radius 1 is 1.12 bits per heavy atom. The van der Waals surface area contributed by atoms with Crippen LogP contribution in [0.5, 0.6) is 0 Å². The number of rotatable bonds is 2. The number of hydrogen-bond donors (Lipinski definition) is 2. The molecule has 1 aromatic carbocycles. The Morgan fingerprint density at radius 3 is 2.35 bits per heavy atom. The number of nitrogen functional groups attached to an aromatic ring is 2. The van der Waals surface area contributed by atoms with Gasteiger partial charge in [-0.15, -0.1) is 11.3 Å². The highest BCUT2D eigenvalue weighted by molar-refractivity contribution is 9.12. The van der Waals surface area contributed by atoms with Crippen molar-refractivity contribution >= 4 is 60.4 Å². The Kier molecular flexibility index (Phi) is 3.56. The second-order valence-electron chi connectivity index (χ2n) is 3.41. The topological polar surface area (TPSA) is 69.1 Å². The van der Waals surface area contributed by atoms with E-state index in [9.17, 15) is 4.79 Å². The Balaban J connectivity index is 2.47. The van der Waals surface area contributed by atoms with Crippen molar-refractivity contribution in [2.45, 2.75) is 0 Å². The molecule has 0 radical (unpaired) electrons. The molecule has 2 aromatic rings. The van der Waals surface area contributed by atoms with Gasteiger partial charge in [-0.25, -0.2) is 0 Å². The number of anilines is 2. The maximum Gasteiger partial charge on any atom is 0.197 e. The van der Waals surface area contributed by atoms with Gasteiger partial charge in [0.2, 0.25) is 0 Å². The van der Waals surface area contributed by atoms with E-state index in [1.165, 1.54) is 11.3 Å². The SMILES string of the molecule is Nc1ccc(C(=O)c2cc(Br)sc2Br)c(N)c1. The molecular formula is C11H8Br2N2OS. The molecule has 0 amide bonds. The lowest BCUT2D eigenvalue weighted by Crippen LogP contribution is -2.05. The van der Waals surface area contributed by atoms with Crippen molar-refractivity contribution in [2.75, 3.05) is 11.5 Å². The van der Waals surface area contributed by atoms with E-state index in [-0.39, 0.29) is 5.78 Å². The molecule has 0 saturated heterocycles. The molecule has 0 aliphatic carbocycles. The van der Waals surface area contributed by atoms with Gasteiger partial charge in [0, 0.05) is 22.5 Å². The number of carbonyl (C=O) groups excluding carboxylic acids is 1. The Labute approximate surface area is 119 Å². The summed E-state index contributed by atoms with van der Waals surface area (Å²) in [6.45, 7) is 0. The molecule has 0 atom stereocenters. The number of nitrogens with two attached hydrogens (primary N) is 2. The first-order valence-electron chi connectivity index (χ1n) is 4.63. The van der Waals surface area contributed by atoms with Gasteiger partial charge < -0.3 is 11.5 Å². The molecular weight excluding hydrogens is 368 g/mol. The highest BCUT2D eigenvalue weighted by atomic mass is 79.9. The molecule has 0 bridgehead atoms. The number of ketones is 1. The predicted octanol–water partition coefficient (Wildman–Crippen LogP) is 3.67. The van der Waals surface area contributed by atoms with Gasteiger partial charge in [-0.05, 0) is 56.1 Å². The summed E-state index contributed by atoms with van der Waals surface area (Å²) < 4.78 is 1.67. The minimum Gasteiger partial charge on any atom is -0.399 e. The molecule has 17 heavy (non-hydrogen) atoms. The maximum atomic E-state index is 12.2. The first kappa shape index (κ1) is 12.6. The van der Waals surface area contributed by atoms with Gasteiger partial charge in [-0.2, -0.15) is 0 Å². The van der Waals surface area contributed by atoms with E-state index < -0.39 is 0 Å². The van der Waals surface area contributed by atoms with Crippen LogP contribution in [0, 0.1) is 0 Å². The van der Waals surface area contributed by atoms with Gasteiger partial charge in [-0.3, -0.25) is 4.79 Å². The third-order valence-electron chi connectivity index (χ3n) is 2.22. The van der Waals surface area contributed by atoms with Crippen LogP contribution >= 0.6 is 43.2 Å². The molecule has 3 nitrogen and oxygen atoms in total. The fourth-order valence-corrected chi connectivity index (χ4v) is 4.22. The van der Waals surface area contributed by atoms with E-state index in [1.807, 2.05) is 0 Å². The minimum absolute atomic E-state index is 0.115. The predicted molar refractivity (Wildman–Crippen MR) is 78.4 cm³/mol. The van der Waals surface area contributed by atoms with Gasteiger partial charge in [0.15, 0.2) is 5.78 Å². The van der Waals surface area contributed by atoms with E-state index in [2.05, 4.69) is 31.9 Å². The summed E-state index contributed by atoms with van der Waals surface area (Å²) in [6, 6.07) is 6.67. The maximum absolute atomic E-state index is 12.2. The summed E-state index contributed by atoms with van der Waals surface area (Å²) in [5.74, 6) is -0.115. The highest BCUT2D eigenvalue weighted by Crippen LogP contribution is 2.34. The zero-order valence-electron chi connectivity index (χ0n) is 8.54. The van der Waals surface area contributed by atoms with Crippen LogP contribution < -0.4 is 11.5 Å². The normalized spacial score (nSPS) is 10.5. The third-order valence-corrected chi connectivity index (χ3v) is 4.56. The second kappa shape index (κ2) is 4.80. The van der Waals surface area contributed by atoms with Gasteiger partial charge >= 0.3 is 0 Å². The molecule has 2 rings (SSSR count). The average molecular weight is 376 g/mol. The molecule has 6 heteroatoms. The Morgan fingerprint density at radius 2 is 1.82 bits per heavy atom. The van der Waals surface area contributed by atoms with E-state index in [0.29, 0.717) is 22.5 Å². The molecule has 0 aliphatic rings. The third kappa shape index (κ3) is 2.53. The van der Waals surface area contributed by atoms with E-state index >= 15 is 0 Å². The standard InChI is InChI=1S/C11H8Br2N2OS/c12-9-4-7(11(13)17-9)10(16)6-2-1-5(14)3-8(6)15/h1-4H,14-15H2. The summed E-state index contributed by atoms with van der Waals surface area (Å²) in [4.78, 5) is 12.2. The Hall–Kier alpha value is -0.850. The minimum atomic E-state index is -0.115. The zero-order chi connectivity index (χ0) is 12.6. The molecule has 0 saturated carbocycles. The first-order valence-corrected chi connectivity index (χ1v) is 7.04. The lowest BCUT2D eigenvalue weighted by Gasteiger charge is -2.04. The summed E-state index contributed by atoms with van der Waals surface area (Å²) in [5, 5.41) is 0. The number of halogens is 2. The zero-order valence-corrected chi connectivity index (χ0v) is 12.5. The van der Waals surface area contributed by atoms with Crippen LogP contribution in [0.4, 0.5) is 11.4 Å². The van der Waals surface area contributed by atoms with Crippen molar-refractivity contribution in [1.82, 2.24) is 0 Å². The van der Waals surface area contributed by atoms with Gasteiger partial charge in [-0.1, -0.05) is 0 Å². The lowest BCUT2D eigenvalue weighted by molar-refractivity contribution is 0.103. The number of thiophene rings is 1. The molecule has 0 fully saturated rings. The molecule has 1 heterocycles. The summed E-state index contributed by atoms with van der Waals surface area (Å²) in [5.41, 5.74) is 13.4. The molecule has 0 spiro atoms. The van der Waals surface area contributed by atoms with Gasteiger partial charge in [0.25, 0.3) is 0 Å². The van der Waals surface area contributed by atoms with Crippen LogP contribution in [0.15, 0.2) is 31.8 Å². The van der Waals surface area contributed by atoms with Crippen LogP contribution in [0.3, 0.4) is 0 Å². The molecule has 0 aliphatic heterocycles. The summed E-state index contributed by atoms with van der Waals surface area (Å²) in [7, 11) is 0. The smallest absolute Gasteiger partial charge is 0.197 e. The van der Waals surface area contributed by atoms with E-state index in [0.717, 1.165) is 7.57 Å². The van der Waals surface area contributed by atoms with Crippen molar-refractivity contribution in [3.05, 3.63) is 43.0 Å².